The van der Waals surface area contributed by atoms with Crippen LogP contribution in [0.15, 0.2) is 171 Å². The summed E-state index contributed by atoms with van der Waals surface area (Å²) in [7, 11) is -32.2. The van der Waals surface area contributed by atoms with Gasteiger partial charge in [0.1, 0.15) is 83.5 Å². The number of hydrogen-bond donors (Lipinski definition) is 8. The number of nitrogens with two attached hydrogens (primary N) is 2. The van der Waals surface area contributed by atoms with Crippen LogP contribution in [0.4, 0.5) is 81.2 Å². The molecule has 11 aromatic rings. The van der Waals surface area contributed by atoms with Crippen LogP contribution < -0.4 is 269 Å². The summed E-state index contributed by atoms with van der Waals surface area (Å²) in [6.07, 6.45) is 0. The van der Waals surface area contributed by atoms with E-state index in [1.165, 1.54) is 30.3 Å². The Bertz CT molecular complexity index is 5920. The molecule has 0 radical (unpaired) electrons. The summed E-state index contributed by atoms with van der Waals surface area (Å²) < 4.78 is 222. The van der Waals surface area contributed by atoms with Crippen LogP contribution in [-0.2, 0) is 60.7 Å². The molecule has 0 saturated heterocycles. The van der Waals surface area contributed by atoms with E-state index in [1.807, 2.05) is 0 Å². The van der Waals surface area contributed by atoms with Crippen LogP contribution in [0.25, 0.3) is 43.1 Å². The number of fused-ring (bicyclic) bond motifs is 4. The van der Waals surface area contributed by atoms with Gasteiger partial charge in [0, 0.05) is 54.9 Å². The van der Waals surface area contributed by atoms with Crippen molar-refractivity contribution >= 4 is 185 Å². The van der Waals surface area contributed by atoms with Crippen molar-refractivity contribution in [2.45, 2.75) is 29.4 Å². The number of nitrogens with one attached hydrogen (secondary N) is 4. The molecule has 2 heterocycles. The fraction of sp³-hybridized carbons (Fsp3) is 0. The minimum Gasteiger partial charge on any atom is -0.744 e. The SMILES string of the molecule is Nc1nc(Nc2ccc(Nc3nc(N)nc(Nc4c[c-]cc5cc(S(=O)(=O)[O-])c(N=Nc6ccc7c(S(=O)(=O)[O-])cccc7c6S(=O)(=O)[O-])c(O)c45)n3)cc2)nc(Nc2cc(S(=O)(=O)[O-])cc3c[c-]c(N=Nc4ccc5c(S(=O)(=O)[O-])cccc5c4S(=O)(=O)[O-])c(O)c23)n1.[Na+].[Na+].[Na+].[Na+].[Na+].[Na+].[Na+].[Na+]. The van der Waals surface area contributed by atoms with Gasteiger partial charge in [-0.1, -0.05) is 65.0 Å². The summed E-state index contributed by atoms with van der Waals surface area (Å²) in [5, 5.41) is 46.6. The second-order valence-electron chi connectivity index (χ2n) is 19.2. The standard InChI is InChI=1S/C52H36N16O20S6.8Na/c53-47-59-49(63-51(61-47)57-32-7-1-4-23-21-39(92(80,81)82)42(44(70)40(23)32)68-67-35-19-16-29-31(46(35)94(86,87)88)6-3-9-38(29)91(77,78)79)55-25-11-13-26(14-12-25)56-50-60-48(54)62-52(64-50)58-36-22-27(89(71,72)73)20-24-10-17-33(43(69)41(24)36)65-66-34-18-15-28-30(45(34)93(83,84)85)5-2-8-37(28)90(74,75)76;;;;;;;;/h2-16,18-22,69-70H,(H,71,72,73)(H,74,75,76)(H,77,78,79)(H,80,81,82)(H,83,84,85)(H,86,87,88)(H4,53,55,57,59,61,63)(H4,54,56,58,60,62,64);;;;;;;;/q-2;8*+1/p-6. The average Bonchev–Trinajstić information content (AvgIpc) is 0.767. The number of anilines is 10. The van der Waals surface area contributed by atoms with Crippen molar-refractivity contribution in [3.8, 4) is 11.5 Å². The van der Waals surface area contributed by atoms with Crippen LogP contribution in [0, 0.1) is 12.1 Å². The van der Waals surface area contributed by atoms with Gasteiger partial charge in [-0.25, -0.2) is 50.5 Å². The van der Waals surface area contributed by atoms with Crippen molar-refractivity contribution in [3.63, 3.8) is 0 Å². The Kier molecular flexibility index (Phi) is 33.4. The Morgan fingerprint density at radius 2 is 0.804 bits per heavy atom. The van der Waals surface area contributed by atoms with Crippen LogP contribution in [0.3, 0.4) is 0 Å². The molecule has 2 aromatic heterocycles. The molecule has 10 N–H and O–H groups in total. The van der Waals surface area contributed by atoms with Crippen LogP contribution in [0.2, 0.25) is 0 Å². The van der Waals surface area contributed by atoms with Crippen molar-refractivity contribution in [2.75, 3.05) is 32.7 Å². The summed E-state index contributed by atoms with van der Waals surface area (Å²) in [6, 6.07) is 26.4. The Balaban J connectivity index is 0.00000338. The predicted molar refractivity (Wildman–Crippen MR) is 321 cm³/mol. The van der Waals surface area contributed by atoms with E-state index < -0.39 is 158 Å². The van der Waals surface area contributed by atoms with E-state index in [-0.39, 0.29) is 299 Å². The number of phenolic OH excluding ortho intramolecular Hbond substituents is 2. The maximum atomic E-state index is 12.6. The Morgan fingerprint density at radius 1 is 0.392 bits per heavy atom. The van der Waals surface area contributed by atoms with E-state index in [9.17, 15) is 88.0 Å². The van der Waals surface area contributed by atoms with Gasteiger partial charge in [0.2, 0.25) is 35.7 Å². The summed E-state index contributed by atoms with van der Waals surface area (Å²) >= 11 is 0. The van der Waals surface area contributed by atoms with Crippen molar-refractivity contribution in [1.82, 2.24) is 29.9 Å². The molecule has 11 rings (SSSR count). The molecule has 0 atom stereocenters. The molecular weight excluding hydrogens is 1540 g/mol. The monoisotopic (exact) mass is 1570 g/mol. The second kappa shape index (κ2) is 36.5. The molecule has 0 saturated carbocycles. The van der Waals surface area contributed by atoms with Gasteiger partial charge in [0.15, 0.2) is 0 Å². The molecule has 102 heavy (non-hydrogen) atoms. The Labute approximate surface area is 754 Å². The van der Waals surface area contributed by atoms with Crippen molar-refractivity contribution < 1.29 is 324 Å². The maximum absolute atomic E-state index is 12.6. The van der Waals surface area contributed by atoms with Crippen molar-refractivity contribution in [3.05, 3.63) is 133 Å². The molecule has 50 heteroatoms. The average molecular weight is 1580 g/mol. The van der Waals surface area contributed by atoms with E-state index in [0.29, 0.717) is 5.69 Å². The van der Waals surface area contributed by atoms with Gasteiger partial charge in [-0.2, -0.15) is 70.5 Å². The molecule has 36 nitrogen and oxygen atoms in total. The van der Waals surface area contributed by atoms with E-state index in [0.717, 1.165) is 91.0 Å². The molecule has 482 valence electrons. The zero-order chi connectivity index (χ0) is 67.8. The van der Waals surface area contributed by atoms with Crippen LogP contribution in [-0.4, -0.2) is 118 Å². The summed E-state index contributed by atoms with van der Waals surface area (Å²) in [4.78, 5) is 18.7. The smallest absolute Gasteiger partial charge is 0.744 e. The summed E-state index contributed by atoms with van der Waals surface area (Å²) in [5.74, 6) is -3.90. The first-order valence-corrected chi connectivity index (χ1v) is 33.8. The molecule has 0 bridgehead atoms. The van der Waals surface area contributed by atoms with Gasteiger partial charge in [0.05, 0.1) is 24.5 Å². The molecule has 0 spiro atoms. The first-order valence-electron chi connectivity index (χ1n) is 25.3. The number of aromatic nitrogens is 6. The Hall–Kier alpha value is -2.90. The third-order valence-corrected chi connectivity index (χ3v) is 18.5. The van der Waals surface area contributed by atoms with Crippen LogP contribution >= 0.6 is 0 Å². The molecule has 0 aliphatic carbocycles. The van der Waals surface area contributed by atoms with E-state index in [4.69, 9.17) is 11.5 Å². The quantitative estimate of drug-likeness (QED) is 0.0171. The summed E-state index contributed by atoms with van der Waals surface area (Å²) in [5.41, 5.74) is 9.03. The van der Waals surface area contributed by atoms with E-state index in [1.54, 1.807) is 0 Å². The van der Waals surface area contributed by atoms with Gasteiger partial charge in [-0.05, 0) is 54.6 Å². The van der Waals surface area contributed by atoms with Gasteiger partial charge in [-0.15, -0.1) is 21.0 Å². The van der Waals surface area contributed by atoms with Gasteiger partial charge in [-0.3, -0.25) is 0 Å². The number of benzene rings is 9. The first kappa shape index (κ1) is 93.3. The van der Waals surface area contributed by atoms with Crippen molar-refractivity contribution in [2.24, 2.45) is 20.5 Å². The van der Waals surface area contributed by atoms with Gasteiger partial charge < -0.3 is 70.3 Å². The molecular formula is C52H30N16Na8O20S6. The zero-order valence-electron chi connectivity index (χ0n) is 53.9. The maximum Gasteiger partial charge on any atom is 1.00 e. The molecule has 9 aromatic carbocycles. The number of nitrogen functional groups attached to an aromatic ring is 2. The first-order chi connectivity index (χ1) is 44.0. The number of nitrogens with zero attached hydrogens (tertiary/aromatic N) is 10. The van der Waals surface area contributed by atoms with Gasteiger partial charge in [0.25, 0.3) is 0 Å². The number of azo groups is 2. The van der Waals surface area contributed by atoms with Crippen LogP contribution in [0.1, 0.15) is 0 Å². The molecule has 0 aliphatic heterocycles. The largest absolute Gasteiger partial charge is 1.00 e. The van der Waals surface area contributed by atoms with Crippen LogP contribution in [0.5, 0.6) is 11.5 Å². The topological polar surface area (TPSA) is 611 Å². The minimum atomic E-state index is -5.59. The third-order valence-electron chi connectivity index (χ3n) is 13.2. The molecule has 0 fully saturated rings. The number of phenols is 2. The fourth-order valence-corrected chi connectivity index (χ4v) is 13.6. The van der Waals surface area contributed by atoms with Crippen molar-refractivity contribution in [1.29, 1.82) is 0 Å². The molecule has 0 unspecified atom stereocenters. The normalized spacial score (nSPS) is 11.7. The predicted octanol–water partition coefficient (Wildman–Crippen LogP) is -17.9. The Morgan fingerprint density at radius 3 is 1.24 bits per heavy atom. The molecule has 0 aliphatic rings. The van der Waals surface area contributed by atoms with E-state index >= 15 is 0 Å². The number of hydrogen-bond acceptors (Lipinski definition) is 36. The zero-order valence-corrected chi connectivity index (χ0v) is 74.8. The van der Waals surface area contributed by atoms with E-state index in [2.05, 4.69) is 83.8 Å². The molecule has 0 amide bonds. The number of rotatable bonds is 18. The second-order valence-corrected chi connectivity index (χ2v) is 27.3. The fourth-order valence-electron chi connectivity index (χ4n) is 9.44. The minimum absolute atomic E-state index is 0. The van der Waals surface area contributed by atoms with Gasteiger partial charge >= 0.3 is 236 Å². The third kappa shape index (κ3) is 21.1. The summed E-state index contributed by atoms with van der Waals surface area (Å²) in [6.45, 7) is 0. The number of aromatic hydroxyl groups is 2.